The first-order chi connectivity index (χ1) is 14.3. The van der Waals surface area contributed by atoms with Crippen LogP contribution in [0, 0.1) is 47.3 Å². The van der Waals surface area contributed by atoms with Gasteiger partial charge in [-0.15, -0.1) is 0 Å². The molecule has 10 unspecified atom stereocenters. The van der Waals surface area contributed by atoms with Gasteiger partial charge >= 0.3 is 11.9 Å². The van der Waals surface area contributed by atoms with Crippen molar-refractivity contribution >= 4 is 34.5 Å². The van der Waals surface area contributed by atoms with E-state index in [4.69, 9.17) is 9.47 Å². The molecule has 5 rings (SSSR count). The summed E-state index contributed by atoms with van der Waals surface area (Å²) in [6.07, 6.45) is 8.89. The Morgan fingerprint density at radius 1 is 1.07 bits per heavy atom. The minimum Gasteiger partial charge on any atom is -0.462 e. The van der Waals surface area contributed by atoms with Crippen molar-refractivity contribution in [3.63, 3.8) is 0 Å². The number of esters is 2. The van der Waals surface area contributed by atoms with Crippen molar-refractivity contribution in [3.05, 3.63) is 0 Å². The van der Waals surface area contributed by atoms with Crippen LogP contribution in [0.5, 0.6) is 0 Å². The summed E-state index contributed by atoms with van der Waals surface area (Å²) in [7, 11) is 0. The molecule has 0 amide bonds. The van der Waals surface area contributed by atoms with E-state index >= 15 is 0 Å². The fourth-order valence-corrected chi connectivity index (χ4v) is 10.1. The fraction of sp³-hybridized carbons (Fsp3) is 0.920. The zero-order valence-corrected chi connectivity index (χ0v) is 20.8. The maximum atomic E-state index is 13.0. The number of ether oxygens (including phenoxy) is 2. The second kappa shape index (κ2) is 7.91. The highest BCUT2D eigenvalue weighted by Crippen LogP contribution is 2.71. The Morgan fingerprint density at radius 2 is 1.80 bits per heavy atom. The molecule has 0 aromatic carbocycles. The molecule has 5 aliphatic rings. The van der Waals surface area contributed by atoms with Crippen molar-refractivity contribution in [3.8, 4) is 0 Å². The highest BCUT2D eigenvalue weighted by atomic mass is 127. The van der Waals surface area contributed by atoms with E-state index in [1.807, 2.05) is 0 Å². The average molecular weight is 528 g/mol. The van der Waals surface area contributed by atoms with E-state index in [2.05, 4.69) is 36.4 Å². The van der Waals surface area contributed by atoms with Gasteiger partial charge in [0, 0.05) is 10.8 Å². The predicted molar refractivity (Wildman–Crippen MR) is 123 cm³/mol. The molecule has 0 saturated heterocycles. The van der Waals surface area contributed by atoms with Gasteiger partial charge in [0.2, 0.25) is 0 Å². The van der Waals surface area contributed by atoms with Gasteiger partial charge in [-0.05, 0) is 98.7 Å². The molecule has 168 valence electrons. The van der Waals surface area contributed by atoms with Gasteiger partial charge < -0.3 is 9.47 Å². The average Bonchev–Trinajstić information content (AvgIpc) is 3.48. The van der Waals surface area contributed by atoms with Crippen LogP contribution in [0.15, 0.2) is 0 Å². The minimum atomic E-state index is -0.300. The van der Waals surface area contributed by atoms with Gasteiger partial charge in [-0.25, -0.2) is 0 Å². The lowest BCUT2D eigenvalue weighted by atomic mass is 9.64. The number of halogens is 1. The standard InChI is InChI=1S/C25H37IO4/c1-4-25(7-5-6-8-25)30-21(28)12-20(29-14(3)27)17-9-15-10-18(17)23-19-11-16(22(15)23)13(2)24(19)26/h13,15-20,22-24H,4-12H2,1-3H3. The van der Waals surface area contributed by atoms with E-state index < -0.39 is 0 Å². The SMILES string of the molecule is CCC1(OC(=O)CC(OC(C)=O)C2CC3CC2C2C4CC(C(C)C4I)C32)CCCC1. The van der Waals surface area contributed by atoms with Crippen molar-refractivity contribution < 1.29 is 19.1 Å². The molecule has 5 saturated carbocycles. The molecule has 4 nitrogen and oxygen atoms in total. The van der Waals surface area contributed by atoms with Crippen molar-refractivity contribution in [2.45, 2.75) is 94.2 Å². The highest BCUT2D eigenvalue weighted by molar-refractivity contribution is 14.1. The van der Waals surface area contributed by atoms with Gasteiger partial charge in [0.1, 0.15) is 11.7 Å². The van der Waals surface area contributed by atoms with Gasteiger partial charge in [0.15, 0.2) is 0 Å². The molecule has 0 aliphatic heterocycles. The van der Waals surface area contributed by atoms with Crippen LogP contribution < -0.4 is 0 Å². The number of carbonyl (C=O) groups is 2. The molecule has 5 fully saturated rings. The van der Waals surface area contributed by atoms with Crippen LogP contribution in [0.3, 0.4) is 0 Å². The quantitative estimate of drug-likeness (QED) is 0.196. The first-order valence-corrected chi connectivity index (χ1v) is 13.6. The Kier molecular flexibility index (Phi) is 5.67. The maximum absolute atomic E-state index is 13.0. The second-order valence-electron chi connectivity index (χ2n) is 11.2. The van der Waals surface area contributed by atoms with Crippen LogP contribution in [0.1, 0.15) is 78.6 Å². The number of carbonyl (C=O) groups excluding carboxylic acids is 2. The lowest BCUT2D eigenvalue weighted by Crippen LogP contribution is -2.44. The Bertz CT molecular complexity index is 701. The summed E-state index contributed by atoms with van der Waals surface area (Å²) in [5, 5.41) is 0. The lowest BCUT2D eigenvalue weighted by Gasteiger charge is -2.44. The van der Waals surface area contributed by atoms with E-state index in [0.29, 0.717) is 11.8 Å². The van der Waals surface area contributed by atoms with E-state index in [-0.39, 0.29) is 30.1 Å². The van der Waals surface area contributed by atoms with Crippen LogP contribution >= 0.6 is 22.6 Å². The summed E-state index contributed by atoms with van der Waals surface area (Å²) < 4.78 is 12.6. The zero-order chi connectivity index (χ0) is 21.2. The van der Waals surface area contributed by atoms with Crippen LogP contribution in [0.2, 0.25) is 0 Å². The van der Waals surface area contributed by atoms with Crippen molar-refractivity contribution in [2.24, 2.45) is 47.3 Å². The topological polar surface area (TPSA) is 52.6 Å². The minimum absolute atomic E-state index is 0.155. The number of hydrogen-bond donors (Lipinski definition) is 0. The van der Waals surface area contributed by atoms with Crippen LogP contribution in [0.25, 0.3) is 0 Å². The third kappa shape index (κ3) is 3.35. The molecule has 5 heteroatoms. The maximum Gasteiger partial charge on any atom is 0.310 e. The van der Waals surface area contributed by atoms with Gasteiger partial charge in [-0.1, -0.05) is 36.4 Å². The fourth-order valence-electron chi connectivity index (χ4n) is 8.82. The molecule has 30 heavy (non-hydrogen) atoms. The molecule has 5 aliphatic carbocycles. The van der Waals surface area contributed by atoms with E-state index in [9.17, 15) is 9.59 Å². The summed E-state index contributed by atoms with van der Waals surface area (Å²) >= 11 is 2.71. The van der Waals surface area contributed by atoms with Crippen LogP contribution in [-0.4, -0.2) is 27.6 Å². The largest absolute Gasteiger partial charge is 0.462 e. The first kappa shape index (κ1) is 21.5. The van der Waals surface area contributed by atoms with Crippen molar-refractivity contribution in [1.82, 2.24) is 0 Å². The lowest BCUT2D eigenvalue weighted by molar-refractivity contribution is -0.168. The molecule has 0 spiro atoms. The molecule has 10 atom stereocenters. The van der Waals surface area contributed by atoms with Gasteiger partial charge in [-0.3, -0.25) is 9.59 Å². The zero-order valence-electron chi connectivity index (χ0n) is 18.6. The van der Waals surface area contributed by atoms with E-state index in [0.717, 1.165) is 78.0 Å². The summed E-state index contributed by atoms with van der Waals surface area (Å²) in [6, 6.07) is 0. The number of fused-ring (bicyclic) bond motifs is 9. The van der Waals surface area contributed by atoms with Crippen molar-refractivity contribution in [2.75, 3.05) is 0 Å². The summed E-state index contributed by atoms with van der Waals surface area (Å²) in [5.41, 5.74) is -0.271. The molecular formula is C25H37IO4. The van der Waals surface area contributed by atoms with Crippen LogP contribution in [-0.2, 0) is 19.1 Å². The van der Waals surface area contributed by atoms with Gasteiger partial charge in [-0.2, -0.15) is 0 Å². The smallest absolute Gasteiger partial charge is 0.310 e. The molecule has 0 heterocycles. The molecule has 0 N–H and O–H groups in total. The first-order valence-electron chi connectivity index (χ1n) is 12.4. The number of hydrogen-bond acceptors (Lipinski definition) is 4. The summed E-state index contributed by atoms with van der Waals surface area (Å²) in [5.74, 6) is 5.61. The summed E-state index contributed by atoms with van der Waals surface area (Å²) in [4.78, 5) is 24.9. The van der Waals surface area contributed by atoms with Gasteiger partial charge in [0.05, 0.1) is 6.42 Å². The Balaban J connectivity index is 1.30. The Hall–Kier alpha value is -0.330. The van der Waals surface area contributed by atoms with E-state index in [1.54, 1.807) is 0 Å². The number of rotatable bonds is 6. The third-order valence-corrected chi connectivity index (χ3v) is 12.0. The number of alkyl halides is 1. The molecule has 0 radical (unpaired) electrons. The Morgan fingerprint density at radius 3 is 2.47 bits per heavy atom. The van der Waals surface area contributed by atoms with Crippen LogP contribution in [0.4, 0.5) is 0 Å². The molecule has 0 aromatic heterocycles. The molecule has 0 aromatic rings. The predicted octanol–water partition coefficient (Wildman–Crippen LogP) is 5.55. The Labute approximate surface area is 194 Å². The molecular weight excluding hydrogens is 491 g/mol. The highest BCUT2D eigenvalue weighted by Gasteiger charge is 2.67. The normalized spacial score (nSPS) is 46.1. The van der Waals surface area contributed by atoms with Crippen molar-refractivity contribution in [1.29, 1.82) is 0 Å². The van der Waals surface area contributed by atoms with E-state index in [1.165, 1.54) is 19.8 Å². The third-order valence-electron chi connectivity index (χ3n) is 9.95. The van der Waals surface area contributed by atoms with Gasteiger partial charge in [0.25, 0.3) is 0 Å². The second-order valence-corrected chi connectivity index (χ2v) is 12.6. The summed E-state index contributed by atoms with van der Waals surface area (Å²) in [6.45, 7) is 6.07. The monoisotopic (exact) mass is 528 g/mol. The molecule has 4 bridgehead atoms.